The Morgan fingerprint density at radius 2 is 1.79 bits per heavy atom. The van der Waals surface area contributed by atoms with Crippen molar-refractivity contribution in [2.24, 2.45) is 0 Å². The van der Waals surface area contributed by atoms with E-state index >= 15 is 0 Å². The summed E-state index contributed by atoms with van der Waals surface area (Å²) in [5.74, 6) is -0.122. The van der Waals surface area contributed by atoms with Crippen molar-refractivity contribution < 1.29 is 24.2 Å². The first-order chi connectivity index (χ1) is 13.5. The summed E-state index contributed by atoms with van der Waals surface area (Å²) >= 11 is 0. The van der Waals surface area contributed by atoms with E-state index in [2.05, 4.69) is 20.8 Å². The molecule has 0 spiro atoms. The van der Waals surface area contributed by atoms with Gasteiger partial charge in [-0.1, -0.05) is 32.9 Å². The molecule has 0 unspecified atom stereocenters. The first-order valence-corrected chi connectivity index (χ1v) is 9.61. The standard InChI is InChI=1S/C23H27NO5/c1-22(2,3)16-7-9-17(10-8-16)28-13-12-24-18-11-6-15(20(25)26)14-19(18)29-23(4,5)21(24)27/h6-11,14H,12-13H2,1-5H3,(H,25,26). The smallest absolute Gasteiger partial charge is 0.335 e. The van der Waals surface area contributed by atoms with Crippen LogP contribution in [0.4, 0.5) is 5.69 Å². The maximum Gasteiger partial charge on any atom is 0.335 e. The lowest BCUT2D eigenvalue weighted by molar-refractivity contribution is -0.132. The number of carbonyl (C=O) groups excluding carboxylic acids is 1. The summed E-state index contributed by atoms with van der Waals surface area (Å²) in [6, 6.07) is 12.5. The summed E-state index contributed by atoms with van der Waals surface area (Å²) < 4.78 is 11.6. The van der Waals surface area contributed by atoms with Crippen LogP contribution in [0, 0.1) is 0 Å². The molecule has 0 saturated carbocycles. The summed E-state index contributed by atoms with van der Waals surface area (Å²) in [6.45, 7) is 10.4. The molecule has 2 aromatic rings. The Kier molecular flexibility index (Phi) is 5.30. The van der Waals surface area contributed by atoms with E-state index in [4.69, 9.17) is 9.47 Å². The van der Waals surface area contributed by atoms with Crippen LogP contribution in [0.1, 0.15) is 50.5 Å². The molecule has 0 atom stereocenters. The van der Waals surface area contributed by atoms with Crippen LogP contribution < -0.4 is 14.4 Å². The van der Waals surface area contributed by atoms with Gasteiger partial charge in [0.1, 0.15) is 18.1 Å². The predicted octanol–water partition coefficient (Wildman–Crippen LogP) is 4.27. The third-order valence-corrected chi connectivity index (χ3v) is 4.93. The van der Waals surface area contributed by atoms with Gasteiger partial charge in [0.15, 0.2) is 5.60 Å². The number of anilines is 1. The van der Waals surface area contributed by atoms with Crippen molar-refractivity contribution in [1.82, 2.24) is 0 Å². The molecule has 1 aliphatic rings. The zero-order chi connectivity index (χ0) is 21.4. The molecule has 0 fully saturated rings. The van der Waals surface area contributed by atoms with Crippen molar-refractivity contribution in [1.29, 1.82) is 0 Å². The molecule has 0 aliphatic carbocycles. The average molecular weight is 397 g/mol. The van der Waals surface area contributed by atoms with E-state index in [0.29, 0.717) is 24.6 Å². The van der Waals surface area contributed by atoms with Gasteiger partial charge in [0, 0.05) is 0 Å². The van der Waals surface area contributed by atoms with Gasteiger partial charge < -0.3 is 19.5 Å². The Morgan fingerprint density at radius 1 is 1.14 bits per heavy atom. The molecule has 0 bridgehead atoms. The SMILES string of the molecule is CC1(C)Oc2cc(C(=O)O)ccc2N(CCOc2ccc(C(C)(C)C)cc2)C1=O. The number of amides is 1. The van der Waals surface area contributed by atoms with E-state index in [1.807, 2.05) is 24.3 Å². The first-order valence-electron chi connectivity index (χ1n) is 9.61. The fourth-order valence-electron chi connectivity index (χ4n) is 3.23. The van der Waals surface area contributed by atoms with Crippen molar-refractivity contribution >= 4 is 17.6 Å². The molecular weight excluding hydrogens is 370 g/mol. The molecule has 1 heterocycles. The average Bonchev–Trinajstić information content (AvgIpc) is 2.63. The van der Waals surface area contributed by atoms with Crippen molar-refractivity contribution in [3.63, 3.8) is 0 Å². The highest BCUT2D eigenvalue weighted by Crippen LogP contribution is 2.38. The number of fused-ring (bicyclic) bond motifs is 1. The van der Waals surface area contributed by atoms with Gasteiger partial charge in [0.25, 0.3) is 5.91 Å². The van der Waals surface area contributed by atoms with Crippen molar-refractivity contribution in [2.45, 2.75) is 45.6 Å². The van der Waals surface area contributed by atoms with Crippen molar-refractivity contribution in [2.75, 3.05) is 18.1 Å². The zero-order valence-electron chi connectivity index (χ0n) is 17.5. The molecule has 3 rings (SSSR count). The molecule has 6 heteroatoms. The maximum atomic E-state index is 12.9. The van der Waals surface area contributed by atoms with Crippen LogP contribution in [0.5, 0.6) is 11.5 Å². The van der Waals surface area contributed by atoms with E-state index in [1.54, 1.807) is 24.8 Å². The lowest BCUT2D eigenvalue weighted by Gasteiger charge is -2.38. The molecule has 29 heavy (non-hydrogen) atoms. The second-order valence-corrected chi connectivity index (χ2v) is 8.68. The largest absolute Gasteiger partial charge is 0.492 e. The topological polar surface area (TPSA) is 76.1 Å². The van der Waals surface area contributed by atoms with Gasteiger partial charge in [0.2, 0.25) is 0 Å². The third kappa shape index (κ3) is 4.36. The number of carboxylic acids is 1. The summed E-state index contributed by atoms with van der Waals surface area (Å²) in [5, 5.41) is 9.22. The Hall–Kier alpha value is -3.02. The van der Waals surface area contributed by atoms with Gasteiger partial charge in [0.05, 0.1) is 17.8 Å². The molecule has 0 aromatic heterocycles. The van der Waals surface area contributed by atoms with Crippen molar-refractivity contribution in [3.05, 3.63) is 53.6 Å². The minimum atomic E-state index is -1.08. The number of hydrogen-bond donors (Lipinski definition) is 1. The maximum absolute atomic E-state index is 12.9. The molecule has 1 aliphatic heterocycles. The number of rotatable bonds is 5. The highest BCUT2D eigenvalue weighted by atomic mass is 16.5. The van der Waals surface area contributed by atoms with Crippen LogP contribution in [-0.4, -0.2) is 35.7 Å². The van der Waals surface area contributed by atoms with Crippen LogP contribution >= 0.6 is 0 Å². The van der Waals surface area contributed by atoms with E-state index < -0.39 is 11.6 Å². The number of hydrogen-bond acceptors (Lipinski definition) is 4. The molecule has 0 saturated heterocycles. The Bertz CT molecular complexity index is 925. The molecule has 1 N–H and O–H groups in total. The summed E-state index contributed by atoms with van der Waals surface area (Å²) in [4.78, 5) is 25.7. The fourth-order valence-corrected chi connectivity index (χ4v) is 3.23. The molecule has 6 nitrogen and oxygen atoms in total. The number of aromatic carboxylic acids is 1. The van der Waals surface area contributed by atoms with Gasteiger partial charge in [-0.2, -0.15) is 0 Å². The number of nitrogens with zero attached hydrogens (tertiary/aromatic N) is 1. The van der Waals surface area contributed by atoms with E-state index in [9.17, 15) is 14.7 Å². The number of ether oxygens (including phenoxy) is 2. The van der Waals surface area contributed by atoms with Gasteiger partial charge >= 0.3 is 5.97 Å². The van der Waals surface area contributed by atoms with E-state index in [1.165, 1.54) is 17.7 Å². The summed E-state index contributed by atoms with van der Waals surface area (Å²) in [5.41, 5.74) is 0.870. The first kappa shape index (κ1) is 20.7. The highest BCUT2D eigenvalue weighted by molar-refractivity contribution is 6.03. The molecule has 154 valence electrons. The fraction of sp³-hybridized carbons (Fsp3) is 0.391. The Balaban J connectivity index is 1.75. The third-order valence-electron chi connectivity index (χ3n) is 4.93. The number of carboxylic acid groups (broad SMARTS) is 1. The van der Waals surface area contributed by atoms with Crippen LogP contribution in [0.25, 0.3) is 0 Å². The molecule has 0 radical (unpaired) electrons. The lowest BCUT2D eigenvalue weighted by atomic mass is 9.87. The Labute approximate surface area is 171 Å². The second kappa shape index (κ2) is 7.43. The summed E-state index contributed by atoms with van der Waals surface area (Å²) in [6.07, 6.45) is 0. The zero-order valence-corrected chi connectivity index (χ0v) is 17.5. The van der Waals surface area contributed by atoms with Gasteiger partial charge in [-0.25, -0.2) is 4.79 Å². The predicted molar refractivity (Wildman–Crippen MR) is 111 cm³/mol. The molecule has 2 aromatic carbocycles. The highest BCUT2D eigenvalue weighted by Gasteiger charge is 2.41. The number of benzene rings is 2. The molecule has 1 amide bonds. The molecular formula is C23H27NO5. The minimum absolute atomic E-state index is 0.0723. The van der Waals surface area contributed by atoms with E-state index in [0.717, 1.165) is 5.75 Å². The van der Waals surface area contributed by atoms with Crippen LogP contribution in [-0.2, 0) is 10.2 Å². The monoisotopic (exact) mass is 397 g/mol. The second-order valence-electron chi connectivity index (χ2n) is 8.68. The van der Waals surface area contributed by atoms with Gasteiger partial charge in [-0.15, -0.1) is 0 Å². The van der Waals surface area contributed by atoms with Crippen LogP contribution in [0.2, 0.25) is 0 Å². The van der Waals surface area contributed by atoms with Crippen molar-refractivity contribution in [3.8, 4) is 11.5 Å². The normalized spacial score (nSPS) is 15.5. The van der Waals surface area contributed by atoms with E-state index in [-0.39, 0.29) is 16.9 Å². The van der Waals surface area contributed by atoms with Gasteiger partial charge in [-0.05, 0) is 55.2 Å². The van der Waals surface area contributed by atoms with Gasteiger partial charge in [-0.3, -0.25) is 4.79 Å². The van der Waals surface area contributed by atoms with Crippen LogP contribution in [0.3, 0.4) is 0 Å². The summed E-state index contributed by atoms with van der Waals surface area (Å²) in [7, 11) is 0. The minimum Gasteiger partial charge on any atom is -0.492 e. The quantitative estimate of drug-likeness (QED) is 0.816. The lowest BCUT2D eigenvalue weighted by Crippen LogP contribution is -2.53. The number of carbonyl (C=O) groups is 2. The Morgan fingerprint density at radius 3 is 2.38 bits per heavy atom. The van der Waals surface area contributed by atoms with Crippen LogP contribution in [0.15, 0.2) is 42.5 Å².